The maximum absolute atomic E-state index is 12.5. The third kappa shape index (κ3) is 5.81. The van der Waals surface area contributed by atoms with Crippen LogP contribution in [0.3, 0.4) is 0 Å². The number of nitrogens with zero attached hydrogens (tertiary/aromatic N) is 1. The molecule has 0 heterocycles. The Morgan fingerprint density at radius 1 is 1.15 bits per heavy atom. The van der Waals surface area contributed by atoms with Crippen molar-refractivity contribution in [3.63, 3.8) is 0 Å². The summed E-state index contributed by atoms with van der Waals surface area (Å²) in [6.45, 7) is 9.42. The van der Waals surface area contributed by atoms with Crippen LogP contribution in [0.1, 0.15) is 51.4 Å². The normalized spacial score (nSPS) is 12.1. The molecular formula is C18H28N2O5S. The smallest absolute Gasteiger partial charge is 0.338 e. The minimum atomic E-state index is -3.67. The summed E-state index contributed by atoms with van der Waals surface area (Å²) in [6.07, 6.45) is 0.734. The van der Waals surface area contributed by atoms with Crippen molar-refractivity contribution in [1.82, 2.24) is 9.62 Å². The highest BCUT2D eigenvalue weighted by Gasteiger charge is 2.23. The fraction of sp³-hybridized carbons (Fsp3) is 0.556. The van der Waals surface area contributed by atoms with E-state index in [-0.39, 0.29) is 16.0 Å². The number of esters is 1. The van der Waals surface area contributed by atoms with Crippen molar-refractivity contribution in [1.29, 1.82) is 0 Å². The van der Waals surface area contributed by atoms with E-state index >= 15 is 0 Å². The lowest BCUT2D eigenvalue weighted by atomic mass is 10.0. The molecule has 1 aromatic carbocycles. The van der Waals surface area contributed by atoms with Gasteiger partial charge in [-0.2, -0.15) is 4.31 Å². The molecule has 1 aromatic rings. The van der Waals surface area contributed by atoms with Crippen molar-refractivity contribution >= 4 is 21.9 Å². The second-order valence-corrected chi connectivity index (χ2v) is 8.42. The molecule has 0 radical (unpaired) electrons. The van der Waals surface area contributed by atoms with Crippen molar-refractivity contribution in [3.8, 4) is 0 Å². The lowest BCUT2D eigenvalue weighted by molar-refractivity contribution is -0.125. The standard InChI is InChI=1S/C18H28N2O5S/c1-6-18(4,5)19-16(21)13-25-17(22)14-10-9-11-15(12-14)26(23,24)20(7-2)8-3/h9-12H,6-8,13H2,1-5H3,(H,19,21). The summed E-state index contributed by atoms with van der Waals surface area (Å²) in [5.74, 6) is -1.15. The number of amides is 1. The molecular weight excluding hydrogens is 356 g/mol. The molecule has 1 amide bonds. The van der Waals surface area contributed by atoms with Gasteiger partial charge in [-0.1, -0.05) is 26.8 Å². The Morgan fingerprint density at radius 2 is 1.77 bits per heavy atom. The van der Waals surface area contributed by atoms with Gasteiger partial charge < -0.3 is 10.1 Å². The fourth-order valence-electron chi connectivity index (χ4n) is 2.21. The van der Waals surface area contributed by atoms with Crippen LogP contribution in [0.4, 0.5) is 0 Å². The summed E-state index contributed by atoms with van der Waals surface area (Å²) < 4.78 is 31.4. The largest absolute Gasteiger partial charge is 0.452 e. The summed E-state index contributed by atoms with van der Waals surface area (Å²) in [6, 6.07) is 5.63. The van der Waals surface area contributed by atoms with E-state index in [4.69, 9.17) is 4.74 Å². The second-order valence-electron chi connectivity index (χ2n) is 6.48. The molecule has 1 rings (SSSR count). The van der Waals surface area contributed by atoms with E-state index in [1.807, 2.05) is 20.8 Å². The highest BCUT2D eigenvalue weighted by molar-refractivity contribution is 7.89. The molecule has 1 N–H and O–H groups in total. The minimum absolute atomic E-state index is 0.0206. The Hall–Kier alpha value is -1.93. The average Bonchev–Trinajstić information content (AvgIpc) is 2.60. The number of hydrogen-bond donors (Lipinski definition) is 1. The van der Waals surface area contributed by atoms with Gasteiger partial charge in [-0.3, -0.25) is 4.79 Å². The summed E-state index contributed by atoms with van der Waals surface area (Å²) in [5, 5.41) is 2.76. The zero-order valence-corrected chi connectivity index (χ0v) is 16.9. The molecule has 0 unspecified atom stereocenters. The molecule has 0 aliphatic carbocycles. The van der Waals surface area contributed by atoms with E-state index in [1.54, 1.807) is 13.8 Å². The van der Waals surface area contributed by atoms with E-state index in [0.29, 0.717) is 13.1 Å². The summed E-state index contributed by atoms with van der Waals surface area (Å²) >= 11 is 0. The minimum Gasteiger partial charge on any atom is -0.452 e. The number of rotatable bonds is 9. The predicted molar refractivity (Wildman–Crippen MR) is 99.3 cm³/mol. The molecule has 0 saturated carbocycles. The van der Waals surface area contributed by atoms with Crippen LogP contribution in [0.25, 0.3) is 0 Å². The number of carbonyl (C=O) groups is 2. The van der Waals surface area contributed by atoms with Crippen LogP contribution in [-0.2, 0) is 19.6 Å². The number of carbonyl (C=O) groups excluding carboxylic acids is 2. The van der Waals surface area contributed by atoms with Crippen molar-refractivity contribution in [3.05, 3.63) is 29.8 Å². The molecule has 0 fully saturated rings. The maximum Gasteiger partial charge on any atom is 0.338 e. The van der Waals surface area contributed by atoms with Gasteiger partial charge in [0.2, 0.25) is 10.0 Å². The van der Waals surface area contributed by atoms with Gasteiger partial charge in [-0.05, 0) is 38.5 Å². The summed E-state index contributed by atoms with van der Waals surface area (Å²) in [7, 11) is -3.67. The van der Waals surface area contributed by atoms with E-state index in [1.165, 1.54) is 28.6 Å². The number of ether oxygens (including phenoxy) is 1. The topological polar surface area (TPSA) is 92.8 Å². The highest BCUT2D eigenvalue weighted by atomic mass is 32.2. The lowest BCUT2D eigenvalue weighted by Gasteiger charge is -2.24. The molecule has 8 heteroatoms. The quantitative estimate of drug-likeness (QED) is 0.659. The molecule has 0 spiro atoms. The Morgan fingerprint density at radius 3 is 2.31 bits per heavy atom. The fourth-order valence-corrected chi connectivity index (χ4v) is 3.72. The average molecular weight is 384 g/mol. The van der Waals surface area contributed by atoms with Crippen molar-refractivity contribution in [2.24, 2.45) is 0 Å². The van der Waals surface area contributed by atoms with E-state index in [2.05, 4.69) is 5.32 Å². The highest BCUT2D eigenvalue weighted by Crippen LogP contribution is 2.17. The van der Waals surface area contributed by atoms with E-state index < -0.39 is 28.5 Å². The maximum atomic E-state index is 12.5. The molecule has 0 saturated heterocycles. The van der Waals surface area contributed by atoms with Crippen molar-refractivity contribution < 1.29 is 22.7 Å². The van der Waals surface area contributed by atoms with Gasteiger partial charge in [0.25, 0.3) is 5.91 Å². The molecule has 0 aliphatic rings. The Kier molecular flexibility index (Phi) is 7.77. The monoisotopic (exact) mass is 384 g/mol. The first-order chi connectivity index (χ1) is 12.1. The molecule has 0 bridgehead atoms. The van der Waals surface area contributed by atoms with Crippen molar-refractivity contribution in [2.45, 2.75) is 51.5 Å². The van der Waals surface area contributed by atoms with Gasteiger partial charge in [-0.15, -0.1) is 0 Å². The predicted octanol–water partition coefficient (Wildman–Crippen LogP) is 2.18. The zero-order chi connectivity index (χ0) is 20.0. The van der Waals surface area contributed by atoms with E-state index in [9.17, 15) is 18.0 Å². The van der Waals surface area contributed by atoms with Crippen LogP contribution in [0, 0.1) is 0 Å². The molecule has 7 nitrogen and oxygen atoms in total. The molecule has 146 valence electrons. The van der Waals surface area contributed by atoms with Gasteiger partial charge in [-0.25, -0.2) is 13.2 Å². The van der Waals surface area contributed by atoms with Gasteiger partial charge in [0.1, 0.15) is 0 Å². The van der Waals surface area contributed by atoms with E-state index in [0.717, 1.165) is 6.42 Å². The van der Waals surface area contributed by atoms with Crippen LogP contribution in [0.5, 0.6) is 0 Å². The SMILES string of the molecule is CCN(CC)S(=O)(=O)c1cccc(C(=O)OCC(=O)NC(C)(C)CC)c1. The summed E-state index contributed by atoms with van der Waals surface area (Å²) in [5.41, 5.74) is -0.304. The number of benzene rings is 1. The van der Waals surface area contributed by atoms with Crippen LogP contribution in [0.2, 0.25) is 0 Å². The molecule has 0 atom stereocenters. The summed E-state index contributed by atoms with van der Waals surface area (Å²) in [4.78, 5) is 24.0. The van der Waals surface area contributed by atoms with Gasteiger partial charge in [0, 0.05) is 18.6 Å². The Bertz CT molecular complexity index is 740. The third-order valence-electron chi connectivity index (χ3n) is 4.11. The van der Waals surface area contributed by atoms with Crippen molar-refractivity contribution in [2.75, 3.05) is 19.7 Å². The first-order valence-corrected chi connectivity index (χ1v) is 10.1. The number of nitrogens with one attached hydrogen (secondary N) is 1. The van der Waals surface area contributed by atoms with Crippen LogP contribution < -0.4 is 5.32 Å². The third-order valence-corrected chi connectivity index (χ3v) is 6.15. The lowest BCUT2D eigenvalue weighted by Crippen LogP contribution is -2.44. The second kappa shape index (κ2) is 9.14. The first kappa shape index (κ1) is 22.1. The molecule has 0 aromatic heterocycles. The zero-order valence-electron chi connectivity index (χ0n) is 16.0. The van der Waals surface area contributed by atoms with Crippen LogP contribution in [-0.4, -0.2) is 49.8 Å². The van der Waals surface area contributed by atoms with Crippen LogP contribution in [0.15, 0.2) is 29.2 Å². The Labute approximate surface area is 155 Å². The van der Waals surface area contributed by atoms with Gasteiger partial charge in [0.15, 0.2) is 6.61 Å². The van der Waals surface area contributed by atoms with Crippen LogP contribution >= 0.6 is 0 Å². The number of sulfonamides is 1. The number of hydrogen-bond acceptors (Lipinski definition) is 5. The van der Waals surface area contributed by atoms with Gasteiger partial charge >= 0.3 is 5.97 Å². The molecule has 0 aliphatic heterocycles. The Balaban J connectivity index is 2.85. The van der Waals surface area contributed by atoms with Gasteiger partial charge in [0.05, 0.1) is 10.5 Å². The first-order valence-electron chi connectivity index (χ1n) is 8.65. The molecule has 26 heavy (non-hydrogen) atoms.